The van der Waals surface area contributed by atoms with Gasteiger partial charge >= 0.3 is 41.6 Å². The van der Waals surface area contributed by atoms with Crippen molar-refractivity contribution in [1.82, 2.24) is 13.2 Å². The molecule has 388 valence electrons. The fourth-order valence-electron chi connectivity index (χ4n) is 7.97. The molecule has 0 bridgehead atoms. The van der Waals surface area contributed by atoms with Crippen LogP contribution in [0.25, 0.3) is 0 Å². The van der Waals surface area contributed by atoms with E-state index in [2.05, 4.69) is 90.4 Å². The number of hydrogen-bond donors (Lipinski definition) is 2. The van der Waals surface area contributed by atoms with Gasteiger partial charge in [0.2, 0.25) is 0 Å². The van der Waals surface area contributed by atoms with E-state index >= 15 is 0 Å². The Morgan fingerprint density at radius 2 is 0.873 bits per heavy atom. The van der Waals surface area contributed by atoms with E-state index in [1.807, 2.05) is 6.79 Å². The lowest BCUT2D eigenvalue weighted by Crippen LogP contribution is -3.00. The molecule has 5 atom stereocenters. The third-order valence-electron chi connectivity index (χ3n) is 10.2. The van der Waals surface area contributed by atoms with Crippen LogP contribution in [0.4, 0.5) is 15.5 Å². The minimum absolute atomic E-state index is 0. The maximum Gasteiger partial charge on any atom is 0.387 e. The molecule has 63 heavy (non-hydrogen) atoms. The summed E-state index contributed by atoms with van der Waals surface area (Å²) >= 11 is 3.25. The molecule has 1 aliphatic carbocycles. The molecule has 5 unspecified atom stereocenters. The van der Waals surface area contributed by atoms with Gasteiger partial charge in [-0.15, -0.1) is 0 Å². The number of likely N-dealkylation sites (tertiary alicyclic amines) is 3. The lowest BCUT2D eigenvalue weighted by Gasteiger charge is -2.40. The Balaban J connectivity index is -0.000000151. The molecule has 3 saturated heterocycles. The van der Waals surface area contributed by atoms with Gasteiger partial charge in [-0.1, -0.05) is 128 Å². The van der Waals surface area contributed by atoms with Gasteiger partial charge in [-0.25, -0.2) is 0 Å². The quantitative estimate of drug-likeness (QED) is 0.125. The number of alkyl halides is 1. The molecule has 3 heterocycles. The first-order valence-electron chi connectivity index (χ1n) is 21.4. The number of carbonyl (C=O) groups excluding carboxylic acids is 1. The van der Waals surface area contributed by atoms with E-state index in [-0.39, 0.29) is 32.7 Å². The van der Waals surface area contributed by atoms with Gasteiger partial charge in [0.25, 0.3) is 0 Å². The summed E-state index contributed by atoms with van der Waals surface area (Å²) in [7, 11) is -14.9. The van der Waals surface area contributed by atoms with Crippen molar-refractivity contribution in [3.63, 3.8) is 0 Å². The van der Waals surface area contributed by atoms with Gasteiger partial charge < -0.3 is 35.6 Å². The van der Waals surface area contributed by atoms with Crippen molar-refractivity contribution >= 4 is 64.4 Å². The Morgan fingerprint density at radius 3 is 1.05 bits per heavy atom. The van der Waals surface area contributed by atoms with E-state index < -0.39 is 41.6 Å². The molecule has 0 amide bonds. The van der Waals surface area contributed by atoms with Gasteiger partial charge in [-0.3, -0.25) is 0 Å². The maximum atomic E-state index is 11.1. The van der Waals surface area contributed by atoms with E-state index in [1.165, 1.54) is 151 Å². The zero-order chi connectivity index (χ0) is 48.6. The molecular weight excluding hydrogens is 1050 g/mol. The van der Waals surface area contributed by atoms with Crippen molar-refractivity contribution in [2.24, 2.45) is 23.7 Å². The van der Waals surface area contributed by atoms with Crippen LogP contribution in [0.5, 0.6) is 0 Å². The van der Waals surface area contributed by atoms with Crippen LogP contribution in [0.3, 0.4) is 0 Å². The maximum absolute atomic E-state index is 11.1. The van der Waals surface area contributed by atoms with Gasteiger partial charge in [-0.2, -0.15) is 33.7 Å². The Morgan fingerprint density at radius 1 is 0.571 bits per heavy atom. The molecule has 4 fully saturated rings. The van der Waals surface area contributed by atoms with Crippen LogP contribution in [0.15, 0.2) is 0 Å². The van der Waals surface area contributed by atoms with Crippen LogP contribution in [0, 0.1) is 23.7 Å². The molecule has 0 aromatic heterocycles. The zero-order valence-corrected chi connectivity index (χ0v) is 45.6. The molecule has 4 aliphatic rings. The van der Waals surface area contributed by atoms with E-state index in [4.69, 9.17) is 4.79 Å². The summed E-state index contributed by atoms with van der Waals surface area (Å²) in [6.45, 7) is 29.2. The molecule has 0 radical (unpaired) electrons. The van der Waals surface area contributed by atoms with Crippen molar-refractivity contribution in [3.8, 4) is 0 Å². The van der Waals surface area contributed by atoms with Gasteiger partial charge in [0.1, 0.15) is 6.79 Å². The van der Waals surface area contributed by atoms with Crippen LogP contribution in [-0.2, 0) is 46.4 Å². The Kier molecular flexibility index (Phi) is 47.2. The largest absolute Gasteiger partial charge is 1.00 e. The number of halogens is 6. The number of hydrogen-bond acceptors (Lipinski definition) is 10. The fourth-order valence-corrected chi connectivity index (χ4v) is 9.87. The molecule has 2 N–H and O–H groups in total. The van der Waals surface area contributed by atoms with Crippen molar-refractivity contribution in [2.75, 3.05) is 78.8 Å². The van der Waals surface area contributed by atoms with Crippen LogP contribution in [0.2, 0.25) is 0 Å². The van der Waals surface area contributed by atoms with Crippen molar-refractivity contribution in [1.29, 1.82) is 0 Å². The lowest BCUT2D eigenvalue weighted by atomic mass is 9.91. The van der Waals surface area contributed by atoms with E-state index in [9.17, 15) is 49.2 Å². The van der Waals surface area contributed by atoms with Crippen LogP contribution < -0.4 is 25.2 Å². The normalized spacial score (nSPS) is 25.0. The molecule has 0 aromatic carbocycles. The monoisotopic (exact) mass is 1130 g/mol. The van der Waals surface area contributed by atoms with Crippen molar-refractivity contribution in [3.05, 3.63) is 0 Å². The van der Waals surface area contributed by atoms with E-state index in [1.54, 1.807) is 0 Å². The first-order valence-corrected chi connectivity index (χ1v) is 28.0. The van der Waals surface area contributed by atoms with Gasteiger partial charge in [0.15, 0.2) is 0 Å². The zero-order valence-electron chi connectivity index (χ0n) is 39.2. The summed E-state index contributed by atoms with van der Waals surface area (Å²) in [5, 5.41) is 1.13. The fraction of sp³-hybridized carbons (Fsp3) is 0.974. The Bertz CT molecular complexity index is 1370. The summed E-state index contributed by atoms with van der Waals surface area (Å²) in [5.74, 6) is 3.89. The average molecular weight is 1140 g/mol. The highest BCUT2D eigenvalue weighted by Crippen LogP contribution is 2.23. The summed E-state index contributed by atoms with van der Waals surface area (Å²) in [6, 6.07) is 0. The third kappa shape index (κ3) is 56.2. The smallest absolute Gasteiger partial charge is 0.387 e. The molecule has 1 saturated carbocycles. The summed E-state index contributed by atoms with van der Waals surface area (Å²) < 4.78 is 121. The van der Waals surface area contributed by atoms with Crippen LogP contribution in [-0.4, -0.2) is 133 Å². The second-order valence-electron chi connectivity index (χ2n) is 17.4. The number of rotatable bonds is 9. The molecule has 24 heteroatoms. The second kappa shape index (κ2) is 39.9. The summed E-state index contributed by atoms with van der Waals surface area (Å²) in [6.07, 6.45) is 20.0. The Hall–Kier alpha value is -0.0500. The second-order valence-corrected chi connectivity index (χ2v) is 23.0. The van der Waals surface area contributed by atoms with Gasteiger partial charge in [-0.05, 0) is 83.2 Å². The molecule has 0 aromatic rings. The highest BCUT2D eigenvalue weighted by atomic mass is 79.9. The van der Waals surface area contributed by atoms with Gasteiger partial charge in [0, 0.05) is 23.7 Å². The topological polar surface area (TPSA) is 181 Å². The molecular formula is C39H88Br2F4N5O9S4+. The predicted octanol–water partition coefficient (Wildman–Crippen LogP) is 5.74. The SMILES string of the molecule is C.C=O.CC1CCCCC1.CC1CCCN(C)C1.CCCBr.CCC[N+]1(C)CCCC(C)C1.CCC[N+]1(C)CCCC(C)C1.O=S(=O)(F)NS(=O)(=O)F.O=S(=O)(F)NS(=O)(=O)F.[Br-]. The highest BCUT2D eigenvalue weighted by Gasteiger charge is 2.28. The number of nitrogens with zero attached hydrogens (tertiary/aromatic N) is 3. The Labute approximate surface area is 403 Å². The summed E-state index contributed by atoms with van der Waals surface area (Å²) in [5.41, 5.74) is 0. The minimum atomic E-state index is -5.49. The van der Waals surface area contributed by atoms with Crippen LogP contribution in [0.1, 0.15) is 146 Å². The molecule has 4 rings (SSSR count). The number of nitrogens with one attached hydrogen (secondary N) is 2. The molecule has 14 nitrogen and oxygen atoms in total. The average Bonchev–Trinajstić information content (AvgIpc) is 3.07. The van der Waals surface area contributed by atoms with E-state index in [0.717, 1.165) is 29.0 Å². The standard InChI is InChI=1S/2C10H22N.C7H15N.C7H14.C3H7Br.CH2O.CH4.BrH.2F2HNO4S2/c2*1-4-7-11(3)8-5-6-10(2)9-11;1-7-4-3-5-8(2)6-7;1-7-5-3-2-4-6-7;1-2-3-4;1-2;;;2*1-8(4,5)3-9(2,6)7/h2*10H,4-9H2,1-3H3;7H,3-6H2,1-2H3;7H,2-6H2,1H3;2-3H2,1H3;1H2;1H4;1H;2*3H/q2*+1;;;;;;;;/p-1. The van der Waals surface area contributed by atoms with E-state index in [0.29, 0.717) is 0 Å². The molecule has 3 aliphatic heterocycles. The van der Waals surface area contributed by atoms with Crippen molar-refractivity contribution in [2.45, 2.75) is 146 Å². The number of piperidine rings is 3. The highest BCUT2D eigenvalue weighted by molar-refractivity contribution is 9.09. The first-order chi connectivity index (χ1) is 27.8. The minimum Gasteiger partial charge on any atom is -1.00 e. The lowest BCUT2D eigenvalue weighted by molar-refractivity contribution is -0.917. The first kappa shape index (κ1) is 74.5. The third-order valence-corrected chi connectivity index (χ3v) is 14.1. The van der Waals surface area contributed by atoms with Crippen LogP contribution >= 0.6 is 15.9 Å². The van der Waals surface area contributed by atoms with Crippen molar-refractivity contribution < 1.29 is 80.0 Å². The summed E-state index contributed by atoms with van der Waals surface area (Å²) in [4.78, 5) is 10.4. The predicted molar refractivity (Wildman–Crippen MR) is 251 cm³/mol. The number of quaternary nitrogens is 2. The van der Waals surface area contributed by atoms with Gasteiger partial charge in [0.05, 0.1) is 53.4 Å². The number of carbonyl (C=O) groups is 1. The molecule has 0 spiro atoms.